The number of hydrogen-bond acceptors (Lipinski definition) is 2. The molecule has 0 amide bonds. The minimum absolute atomic E-state index is 0.538. The minimum Gasteiger partial charge on any atom is -0.493 e. The fraction of sp³-hybridized carbons (Fsp3) is 0.429. The molecule has 0 N–H and O–H groups in total. The van der Waals surface area contributed by atoms with Crippen molar-refractivity contribution in [1.82, 2.24) is 0 Å². The summed E-state index contributed by atoms with van der Waals surface area (Å²) in [4.78, 5) is 0. The zero-order chi connectivity index (χ0) is 12.7. The van der Waals surface area contributed by atoms with Crippen molar-refractivity contribution in [3.63, 3.8) is 0 Å². The zero-order valence-electron chi connectivity index (χ0n) is 10.6. The third-order valence-electron chi connectivity index (χ3n) is 2.27. The highest BCUT2D eigenvalue weighted by atomic mass is 35.5. The number of alkyl halides is 1. The Morgan fingerprint density at radius 1 is 1.35 bits per heavy atom. The molecule has 1 rings (SSSR count). The Morgan fingerprint density at radius 2 is 2.12 bits per heavy atom. The van der Waals surface area contributed by atoms with E-state index in [0.29, 0.717) is 12.5 Å². The van der Waals surface area contributed by atoms with Crippen molar-refractivity contribution in [2.75, 3.05) is 19.6 Å². The topological polar surface area (TPSA) is 18.5 Å². The molecule has 0 heterocycles. The molecule has 0 unspecified atom stereocenters. The molecule has 0 fully saturated rings. The molecule has 0 aliphatic carbocycles. The van der Waals surface area contributed by atoms with Gasteiger partial charge in [0, 0.05) is 5.88 Å². The Bertz CT molecular complexity index is 386. The molecule has 17 heavy (non-hydrogen) atoms. The molecule has 1 aromatic rings. The second-order valence-electron chi connectivity index (χ2n) is 3.88. The summed E-state index contributed by atoms with van der Waals surface area (Å²) in [5.41, 5.74) is 2.19. The van der Waals surface area contributed by atoms with Crippen LogP contribution in [0, 0.1) is 0 Å². The van der Waals surface area contributed by atoms with E-state index >= 15 is 0 Å². The Labute approximate surface area is 108 Å². The molecule has 0 saturated carbocycles. The van der Waals surface area contributed by atoms with Gasteiger partial charge >= 0.3 is 0 Å². The van der Waals surface area contributed by atoms with Crippen LogP contribution in [0.1, 0.15) is 25.8 Å². The second-order valence-corrected chi connectivity index (χ2v) is 4.15. The quantitative estimate of drug-likeness (QED) is 0.711. The summed E-state index contributed by atoms with van der Waals surface area (Å²) in [6.45, 7) is 4.78. The lowest BCUT2D eigenvalue weighted by atomic mass is 10.1. The van der Waals surface area contributed by atoms with Crippen molar-refractivity contribution in [3.05, 3.63) is 29.3 Å². The molecule has 0 aliphatic heterocycles. The van der Waals surface area contributed by atoms with E-state index in [-0.39, 0.29) is 0 Å². The molecule has 0 spiro atoms. The van der Waals surface area contributed by atoms with Gasteiger partial charge in [0.15, 0.2) is 11.5 Å². The number of benzene rings is 1. The van der Waals surface area contributed by atoms with Crippen LogP contribution in [0.15, 0.2) is 23.8 Å². The lowest BCUT2D eigenvalue weighted by Gasteiger charge is -2.10. The lowest BCUT2D eigenvalue weighted by Crippen LogP contribution is -1.97. The average Bonchev–Trinajstić information content (AvgIpc) is 2.36. The number of halogens is 1. The van der Waals surface area contributed by atoms with Crippen LogP contribution < -0.4 is 9.47 Å². The Kier molecular flexibility index (Phi) is 5.92. The molecule has 3 heteroatoms. The van der Waals surface area contributed by atoms with Crippen molar-refractivity contribution in [2.24, 2.45) is 0 Å². The molecule has 1 aromatic carbocycles. The van der Waals surface area contributed by atoms with Crippen LogP contribution in [0.5, 0.6) is 11.5 Å². The summed E-state index contributed by atoms with van der Waals surface area (Å²) in [6.07, 6.45) is 3.02. The van der Waals surface area contributed by atoms with E-state index in [1.807, 2.05) is 31.2 Å². The van der Waals surface area contributed by atoms with Crippen LogP contribution in [0.2, 0.25) is 0 Å². The SMILES string of the molecule is CCCOc1ccc(C=C(C)CCl)cc1OC. The van der Waals surface area contributed by atoms with Crippen molar-refractivity contribution < 1.29 is 9.47 Å². The predicted molar refractivity (Wildman–Crippen MR) is 73.2 cm³/mol. The normalized spacial score (nSPS) is 11.4. The number of ether oxygens (including phenoxy) is 2. The van der Waals surface area contributed by atoms with Crippen molar-refractivity contribution in [1.29, 1.82) is 0 Å². The van der Waals surface area contributed by atoms with Crippen LogP contribution in [-0.4, -0.2) is 19.6 Å². The zero-order valence-corrected chi connectivity index (χ0v) is 11.4. The second kappa shape index (κ2) is 7.23. The molecule has 0 radical (unpaired) electrons. The Morgan fingerprint density at radius 3 is 2.71 bits per heavy atom. The van der Waals surface area contributed by atoms with Gasteiger partial charge in [-0.15, -0.1) is 11.6 Å². The molecule has 0 aliphatic rings. The minimum atomic E-state index is 0.538. The van der Waals surface area contributed by atoms with E-state index in [0.717, 1.165) is 29.1 Å². The molecule has 0 aromatic heterocycles. The maximum absolute atomic E-state index is 5.75. The fourth-order valence-electron chi connectivity index (χ4n) is 1.43. The smallest absolute Gasteiger partial charge is 0.161 e. The maximum Gasteiger partial charge on any atom is 0.161 e. The number of hydrogen-bond donors (Lipinski definition) is 0. The third kappa shape index (κ3) is 4.31. The Hall–Kier alpha value is -1.15. The summed E-state index contributed by atoms with van der Waals surface area (Å²) < 4.78 is 10.9. The van der Waals surface area contributed by atoms with Crippen molar-refractivity contribution in [3.8, 4) is 11.5 Å². The monoisotopic (exact) mass is 254 g/mol. The van der Waals surface area contributed by atoms with Gasteiger partial charge in [0.1, 0.15) is 0 Å². The number of allylic oxidation sites excluding steroid dienone is 1. The summed E-state index contributed by atoms with van der Waals surface area (Å²) >= 11 is 5.75. The summed E-state index contributed by atoms with van der Waals surface area (Å²) in [5, 5.41) is 0. The first kappa shape index (κ1) is 13.9. The highest BCUT2D eigenvalue weighted by Crippen LogP contribution is 2.29. The largest absolute Gasteiger partial charge is 0.493 e. The van der Waals surface area contributed by atoms with Crippen molar-refractivity contribution >= 4 is 17.7 Å². The van der Waals surface area contributed by atoms with Crippen LogP contribution in [0.3, 0.4) is 0 Å². The predicted octanol–water partition coefficient (Wildman–Crippen LogP) is 4.13. The van der Waals surface area contributed by atoms with E-state index in [1.54, 1.807) is 7.11 Å². The summed E-state index contributed by atoms with van der Waals surface area (Å²) in [5.74, 6) is 2.08. The van der Waals surface area contributed by atoms with E-state index < -0.39 is 0 Å². The van der Waals surface area contributed by atoms with Crippen LogP contribution in [0.25, 0.3) is 6.08 Å². The molecular formula is C14H19ClO2. The third-order valence-corrected chi connectivity index (χ3v) is 2.69. The van der Waals surface area contributed by atoms with E-state index in [4.69, 9.17) is 21.1 Å². The summed E-state index contributed by atoms with van der Waals surface area (Å²) in [6, 6.07) is 5.90. The van der Waals surface area contributed by atoms with Gasteiger partial charge in [0.05, 0.1) is 13.7 Å². The molecule has 0 bridgehead atoms. The first-order valence-electron chi connectivity index (χ1n) is 5.75. The lowest BCUT2D eigenvalue weighted by molar-refractivity contribution is 0.294. The molecule has 0 saturated heterocycles. The van der Waals surface area contributed by atoms with Gasteiger partial charge in [-0.25, -0.2) is 0 Å². The molecule has 2 nitrogen and oxygen atoms in total. The summed E-state index contributed by atoms with van der Waals surface area (Å²) in [7, 11) is 1.65. The average molecular weight is 255 g/mol. The number of methoxy groups -OCH3 is 1. The highest BCUT2D eigenvalue weighted by molar-refractivity contribution is 6.19. The molecular weight excluding hydrogens is 236 g/mol. The van der Waals surface area contributed by atoms with Gasteiger partial charge < -0.3 is 9.47 Å². The van der Waals surface area contributed by atoms with Gasteiger partial charge in [0.25, 0.3) is 0 Å². The van der Waals surface area contributed by atoms with E-state index in [9.17, 15) is 0 Å². The van der Waals surface area contributed by atoms with Crippen LogP contribution in [0.4, 0.5) is 0 Å². The van der Waals surface area contributed by atoms with Crippen LogP contribution in [-0.2, 0) is 0 Å². The van der Waals surface area contributed by atoms with Gasteiger partial charge in [-0.05, 0) is 31.0 Å². The Balaban J connectivity index is 2.92. The first-order chi connectivity index (χ1) is 8.21. The molecule has 0 atom stereocenters. The maximum atomic E-state index is 5.75. The fourth-order valence-corrected chi connectivity index (χ4v) is 1.51. The standard InChI is InChI=1S/C14H19ClO2/c1-4-7-17-13-6-5-12(8-11(2)10-15)9-14(13)16-3/h5-6,8-9H,4,7,10H2,1-3H3. The first-order valence-corrected chi connectivity index (χ1v) is 6.28. The molecule has 94 valence electrons. The highest BCUT2D eigenvalue weighted by Gasteiger charge is 2.04. The van der Waals surface area contributed by atoms with Crippen LogP contribution >= 0.6 is 11.6 Å². The van der Waals surface area contributed by atoms with Gasteiger partial charge in [0.2, 0.25) is 0 Å². The van der Waals surface area contributed by atoms with E-state index in [2.05, 4.69) is 6.92 Å². The number of rotatable bonds is 6. The van der Waals surface area contributed by atoms with E-state index in [1.165, 1.54) is 0 Å². The van der Waals surface area contributed by atoms with Gasteiger partial charge in [-0.2, -0.15) is 0 Å². The van der Waals surface area contributed by atoms with Crippen molar-refractivity contribution in [2.45, 2.75) is 20.3 Å². The van der Waals surface area contributed by atoms with Gasteiger partial charge in [-0.3, -0.25) is 0 Å². The van der Waals surface area contributed by atoms with Gasteiger partial charge in [-0.1, -0.05) is 24.6 Å².